The number of aromatic nitrogens is 3. The van der Waals surface area contributed by atoms with Crippen LogP contribution in [0, 0.1) is 0 Å². The molecule has 2 aromatic heterocycles. The Labute approximate surface area is 92.0 Å². The first kappa shape index (κ1) is 10.1. The van der Waals surface area contributed by atoms with E-state index in [0.29, 0.717) is 6.54 Å². The lowest BCUT2D eigenvalue weighted by molar-refractivity contribution is 0.938. The lowest BCUT2D eigenvalue weighted by atomic mass is 10.4. The van der Waals surface area contributed by atoms with Gasteiger partial charge in [0.25, 0.3) is 0 Å². The molecule has 2 heterocycles. The number of hydrogen-bond acceptors (Lipinski definition) is 5. The van der Waals surface area contributed by atoms with Crippen molar-refractivity contribution in [2.75, 3.05) is 0 Å². The maximum Gasteiger partial charge on any atom is 0.116 e. The summed E-state index contributed by atoms with van der Waals surface area (Å²) in [6.07, 6.45) is 3.23. The highest BCUT2D eigenvalue weighted by atomic mass is 32.2. The number of rotatable bonds is 3. The van der Waals surface area contributed by atoms with Crippen molar-refractivity contribution in [1.82, 2.24) is 15.0 Å². The Balaban J connectivity index is 2.17. The van der Waals surface area contributed by atoms with Gasteiger partial charge in [-0.05, 0) is 30.0 Å². The summed E-state index contributed by atoms with van der Waals surface area (Å²) in [6, 6.07) is 7.64. The van der Waals surface area contributed by atoms with Crippen LogP contribution in [-0.2, 0) is 6.54 Å². The molecule has 0 aromatic carbocycles. The van der Waals surface area contributed by atoms with Crippen molar-refractivity contribution < 1.29 is 0 Å². The molecule has 15 heavy (non-hydrogen) atoms. The van der Waals surface area contributed by atoms with Gasteiger partial charge in [0, 0.05) is 12.7 Å². The molecule has 0 spiro atoms. The Morgan fingerprint density at radius 1 is 1.20 bits per heavy atom. The van der Waals surface area contributed by atoms with Gasteiger partial charge in [-0.2, -0.15) is 0 Å². The lowest BCUT2D eigenvalue weighted by Gasteiger charge is -2.01. The fourth-order valence-corrected chi connectivity index (χ4v) is 1.83. The molecule has 0 aliphatic carbocycles. The van der Waals surface area contributed by atoms with Crippen molar-refractivity contribution >= 4 is 11.8 Å². The third-order valence-corrected chi connectivity index (χ3v) is 2.64. The molecule has 0 amide bonds. The minimum atomic E-state index is 0.457. The molecular formula is C10H10N4S. The SMILES string of the molecule is NCc1cccc(Sc2ccncn2)n1. The molecular weight excluding hydrogens is 208 g/mol. The van der Waals surface area contributed by atoms with Gasteiger partial charge in [0.1, 0.15) is 16.4 Å². The number of hydrogen-bond donors (Lipinski definition) is 1. The summed E-state index contributed by atoms with van der Waals surface area (Å²) >= 11 is 1.50. The predicted molar refractivity (Wildman–Crippen MR) is 58.3 cm³/mol. The molecule has 0 saturated heterocycles. The zero-order valence-electron chi connectivity index (χ0n) is 8.00. The van der Waals surface area contributed by atoms with Gasteiger partial charge >= 0.3 is 0 Å². The minimum absolute atomic E-state index is 0.457. The van der Waals surface area contributed by atoms with Crippen molar-refractivity contribution in [2.45, 2.75) is 16.6 Å². The van der Waals surface area contributed by atoms with Gasteiger partial charge in [0.15, 0.2) is 0 Å². The first-order chi connectivity index (χ1) is 7.38. The van der Waals surface area contributed by atoms with Crippen LogP contribution >= 0.6 is 11.8 Å². The fourth-order valence-electron chi connectivity index (χ4n) is 1.07. The Kier molecular flexibility index (Phi) is 3.26. The summed E-state index contributed by atoms with van der Waals surface area (Å²) in [6.45, 7) is 0.457. The highest BCUT2D eigenvalue weighted by Crippen LogP contribution is 2.23. The summed E-state index contributed by atoms with van der Waals surface area (Å²) in [5.74, 6) is 0. The Morgan fingerprint density at radius 3 is 2.87 bits per heavy atom. The third-order valence-electron chi connectivity index (χ3n) is 1.75. The van der Waals surface area contributed by atoms with Gasteiger partial charge in [-0.15, -0.1) is 0 Å². The third kappa shape index (κ3) is 2.74. The van der Waals surface area contributed by atoms with E-state index < -0.39 is 0 Å². The molecule has 0 radical (unpaired) electrons. The smallest absolute Gasteiger partial charge is 0.116 e. The highest BCUT2D eigenvalue weighted by Gasteiger charge is 2.00. The molecule has 4 nitrogen and oxygen atoms in total. The second-order valence-electron chi connectivity index (χ2n) is 2.82. The Morgan fingerprint density at radius 2 is 2.13 bits per heavy atom. The van der Waals surface area contributed by atoms with E-state index >= 15 is 0 Å². The molecule has 0 aliphatic rings. The normalized spacial score (nSPS) is 10.2. The summed E-state index contributed by atoms with van der Waals surface area (Å²) in [5.41, 5.74) is 6.40. The van der Waals surface area contributed by atoms with Crippen LogP contribution in [-0.4, -0.2) is 15.0 Å². The predicted octanol–water partition coefficient (Wildman–Crippen LogP) is 1.48. The van der Waals surface area contributed by atoms with Crippen LogP contribution in [0.2, 0.25) is 0 Å². The van der Waals surface area contributed by atoms with Crippen molar-refractivity contribution in [3.63, 3.8) is 0 Å². The topological polar surface area (TPSA) is 64.7 Å². The number of pyridine rings is 1. The van der Waals surface area contributed by atoms with Gasteiger partial charge in [0.2, 0.25) is 0 Å². The average Bonchev–Trinajstić information content (AvgIpc) is 2.31. The van der Waals surface area contributed by atoms with E-state index in [9.17, 15) is 0 Å². The second kappa shape index (κ2) is 4.86. The van der Waals surface area contributed by atoms with Gasteiger partial charge in [0.05, 0.1) is 5.69 Å². The Bertz CT molecular complexity index is 432. The van der Waals surface area contributed by atoms with Crippen LogP contribution in [0.25, 0.3) is 0 Å². The van der Waals surface area contributed by atoms with Crippen LogP contribution in [0.1, 0.15) is 5.69 Å². The summed E-state index contributed by atoms with van der Waals surface area (Å²) in [5, 5.41) is 1.78. The number of nitrogens with zero attached hydrogens (tertiary/aromatic N) is 3. The molecule has 5 heteroatoms. The van der Waals surface area contributed by atoms with E-state index in [-0.39, 0.29) is 0 Å². The molecule has 0 unspecified atom stereocenters. The minimum Gasteiger partial charge on any atom is -0.325 e. The quantitative estimate of drug-likeness (QED) is 0.790. The molecule has 0 bridgehead atoms. The van der Waals surface area contributed by atoms with Crippen molar-refractivity contribution in [3.05, 3.63) is 42.5 Å². The molecule has 0 atom stereocenters. The molecule has 76 valence electrons. The van der Waals surface area contributed by atoms with E-state index in [1.165, 1.54) is 18.1 Å². The summed E-state index contributed by atoms with van der Waals surface area (Å²) in [7, 11) is 0. The maximum atomic E-state index is 5.51. The van der Waals surface area contributed by atoms with Crippen LogP contribution in [0.5, 0.6) is 0 Å². The molecule has 0 fully saturated rings. The van der Waals surface area contributed by atoms with Crippen molar-refractivity contribution in [3.8, 4) is 0 Å². The molecule has 0 saturated carbocycles. The van der Waals surface area contributed by atoms with Crippen LogP contribution in [0.3, 0.4) is 0 Å². The zero-order valence-corrected chi connectivity index (χ0v) is 8.81. The maximum absolute atomic E-state index is 5.51. The first-order valence-electron chi connectivity index (χ1n) is 4.48. The fraction of sp³-hybridized carbons (Fsp3) is 0.100. The van der Waals surface area contributed by atoms with E-state index in [1.54, 1.807) is 6.20 Å². The lowest BCUT2D eigenvalue weighted by Crippen LogP contribution is -1.99. The molecule has 0 aliphatic heterocycles. The molecule has 2 rings (SSSR count). The first-order valence-corrected chi connectivity index (χ1v) is 5.30. The largest absolute Gasteiger partial charge is 0.325 e. The Hall–Kier alpha value is -1.46. The zero-order chi connectivity index (χ0) is 10.5. The highest BCUT2D eigenvalue weighted by molar-refractivity contribution is 7.99. The monoisotopic (exact) mass is 218 g/mol. The van der Waals surface area contributed by atoms with E-state index in [2.05, 4.69) is 15.0 Å². The standard InChI is InChI=1S/C10H10N4S/c11-6-8-2-1-3-10(14-8)15-9-4-5-12-7-13-9/h1-5,7H,6,11H2. The van der Waals surface area contributed by atoms with Crippen LogP contribution in [0.15, 0.2) is 46.8 Å². The van der Waals surface area contributed by atoms with Gasteiger partial charge < -0.3 is 5.73 Å². The van der Waals surface area contributed by atoms with Gasteiger partial charge in [-0.25, -0.2) is 15.0 Å². The van der Waals surface area contributed by atoms with E-state index in [1.807, 2.05) is 24.3 Å². The van der Waals surface area contributed by atoms with Crippen LogP contribution in [0.4, 0.5) is 0 Å². The van der Waals surface area contributed by atoms with Crippen molar-refractivity contribution in [2.24, 2.45) is 5.73 Å². The van der Waals surface area contributed by atoms with E-state index in [0.717, 1.165) is 15.7 Å². The van der Waals surface area contributed by atoms with Gasteiger partial charge in [-0.1, -0.05) is 6.07 Å². The number of nitrogens with two attached hydrogens (primary N) is 1. The summed E-state index contributed by atoms with van der Waals surface area (Å²) in [4.78, 5) is 12.3. The second-order valence-corrected chi connectivity index (χ2v) is 3.86. The van der Waals surface area contributed by atoms with Crippen molar-refractivity contribution in [1.29, 1.82) is 0 Å². The molecule has 2 aromatic rings. The van der Waals surface area contributed by atoms with E-state index in [4.69, 9.17) is 5.73 Å². The summed E-state index contributed by atoms with van der Waals surface area (Å²) < 4.78 is 0. The van der Waals surface area contributed by atoms with Crippen LogP contribution < -0.4 is 5.73 Å². The molecule has 2 N–H and O–H groups in total. The van der Waals surface area contributed by atoms with Gasteiger partial charge in [-0.3, -0.25) is 0 Å². The average molecular weight is 218 g/mol.